The highest BCUT2D eigenvalue weighted by molar-refractivity contribution is 7.98. The summed E-state index contributed by atoms with van der Waals surface area (Å²) in [7, 11) is 0.921. The van der Waals surface area contributed by atoms with Crippen LogP contribution in [0.2, 0.25) is 0 Å². The van der Waals surface area contributed by atoms with Gasteiger partial charge in [-0.05, 0) is 19.7 Å². The van der Waals surface area contributed by atoms with Gasteiger partial charge in [0, 0.05) is 26.1 Å². The van der Waals surface area contributed by atoms with Crippen molar-refractivity contribution in [3.8, 4) is 0 Å². The van der Waals surface area contributed by atoms with Crippen LogP contribution in [0.15, 0.2) is 11.4 Å². The fourth-order valence-corrected chi connectivity index (χ4v) is 5.00. The van der Waals surface area contributed by atoms with Crippen LogP contribution in [0.5, 0.6) is 0 Å². The lowest BCUT2D eigenvalue weighted by molar-refractivity contribution is -0.121. The molecule has 1 amide bonds. The van der Waals surface area contributed by atoms with E-state index in [4.69, 9.17) is 0 Å². The zero-order valence-electron chi connectivity index (χ0n) is 13.8. The average Bonchev–Trinajstić information content (AvgIpc) is 3.05. The first kappa shape index (κ1) is 18.3. The number of aromatic nitrogens is 2. The maximum Gasteiger partial charge on any atom is 0.221 e. The molecule has 0 spiro atoms. The van der Waals surface area contributed by atoms with E-state index < -0.39 is 9.84 Å². The van der Waals surface area contributed by atoms with Crippen LogP contribution in [-0.4, -0.2) is 66.2 Å². The van der Waals surface area contributed by atoms with Crippen LogP contribution in [-0.2, 0) is 28.2 Å². The molecule has 1 N–H and O–H groups in total. The number of carbonyl (C=O) groups is 1. The van der Waals surface area contributed by atoms with Gasteiger partial charge in [0.2, 0.25) is 5.91 Å². The SMILES string of the molecule is CSc1ncc(CNC(=O)CCN(C)[C@H]2CCS(=O)(=O)C2)n1C. The molecule has 2 rings (SSSR count). The number of hydrogen-bond acceptors (Lipinski definition) is 6. The second-order valence-electron chi connectivity index (χ2n) is 5.86. The summed E-state index contributed by atoms with van der Waals surface area (Å²) in [4.78, 5) is 18.2. The molecule has 0 radical (unpaired) electrons. The van der Waals surface area contributed by atoms with Crippen molar-refractivity contribution in [2.45, 2.75) is 30.6 Å². The third kappa shape index (κ3) is 4.95. The lowest BCUT2D eigenvalue weighted by Gasteiger charge is -2.22. The Morgan fingerprint density at radius 2 is 2.30 bits per heavy atom. The number of sulfone groups is 1. The monoisotopic (exact) mass is 360 g/mol. The van der Waals surface area contributed by atoms with E-state index in [1.165, 1.54) is 0 Å². The highest BCUT2D eigenvalue weighted by atomic mass is 32.2. The van der Waals surface area contributed by atoms with Gasteiger partial charge >= 0.3 is 0 Å². The molecule has 1 saturated heterocycles. The molecule has 0 saturated carbocycles. The molecule has 9 heteroatoms. The van der Waals surface area contributed by atoms with Crippen molar-refractivity contribution in [3.05, 3.63) is 11.9 Å². The Balaban J connectivity index is 1.74. The van der Waals surface area contributed by atoms with E-state index in [1.54, 1.807) is 18.0 Å². The molecule has 0 unspecified atom stereocenters. The summed E-state index contributed by atoms with van der Waals surface area (Å²) in [5.41, 5.74) is 0.956. The Hall–Kier alpha value is -1.06. The lowest BCUT2D eigenvalue weighted by Crippen LogP contribution is -2.36. The molecular formula is C14H24N4O3S2. The minimum absolute atomic E-state index is 0.0361. The van der Waals surface area contributed by atoms with Crippen LogP contribution in [0, 0.1) is 0 Å². The molecule has 130 valence electrons. The highest BCUT2D eigenvalue weighted by Crippen LogP contribution is 2.16. The third-order valence-corrected chi connectivity index (χ3v) is 6.71. The number of thioether (sulfide) groups is 1. The van der Waals surface area contributed by atoms with Crippen LogP contribution in [0.4, 0.5) is 0 Å². The maximum absolute atomic E-state index is 12.0. The summed E-state index contributed by atoms with van der Waals surface area (Å²) in [5, 5.41) is 3.80. The lowest BCUT2D eigenvalue weighted by atomic mass is 10.2. The van der Waals surface area contributed by atoms with Crippen LogP contribution in [0.3, 0.4) is 0 Å². The first-order valence-electron chi connectivity index (χ1n) is 7.54. The van der Waals surface area contributed by atoms with Gasteiger partial charge in [0.25, 0.3) is 0 Å². The first-order chi connectivity index (χ1) is 10.8. The smallest absolute Gasteiger partial charge is 0.221 e. The molecular weight excluding hydrogens is 336 g/mol. The van der Waals surface area contributed by atoms with E-state index in [-0.39, 0.29) is 23.5 Å². The summed E-state index contributed by atoms with van der Waals surface area (Å²) >= 11 is 1.56. The van der Waals surface area contributed by atoms with Crippen molar-refractivity contribution < 1.29 is 13.2 Å². The second-order valence-corrected chi connectivity index (χ2v) is 8.86. The van der Waals surface area contributed by atoms with E-state index in [0.29, 0.717) is 25.9 Å². The van der Waals surface area contributed by atoms with Crippen molar-refractivity contribution >= 4 is 27.5 Å². The number of nitrogens with one attached hydrogen (secondary N) is 1. The molecule has 0 aliphatic carbocycles. The van der Waals surface area contributed by atoms with Gasteiger partial charge in [0.1, 0.15) is 0 Å². The third-order valence-electron chi connectivity index (χ3n) is 4.21. The van der Waals surface area contributed by atoms with Gasteiger partial charge in [-0.15, -0.1) is 0 Å². The molecule has 1 aromatic rings. The molecule has 1 aliphatic heterocycles. The van der Waals surface area contributed by atoms with Gasteiger partial charge in [-0.25, -0.2) is 13.4 Å². The standard InChI is InChI=1S/C14H24N4O3S2/c1-17(11-5-7-23(20,21)10-11)6-4-13(19)15-8-12-9-16-14(22-3)18(12)2/h9,11H,4-8,10H2,1-3H3,(H,15,19)/t11-/m0/s1. The Morgan fingerprint density at radius 3 is 2.87 bits per heavy atom. The Bertz CT molecular complexity index is 657. The van der Waals surface area contributed by atoms with Crippen LogP contribution >= 0.6 is 11.8 Å². The second kappa shape index (κ2) is 7.67. The Morgan fingerprint density at radius 1 is 1.57 bits per heavy atom. The topological polar surface area (TPSA) is 84.3 Å². The van der Waals surface area contributed by atoms with Gasteiger partial charge < -0.3 is 14.8 Å². The van der Waals surface area contributed by atoms with Gasteiger partial charge in [0.15, 0.2) is 15.0 Å². The molecule has 1 aromatic heterocycles. The zero-order chi connectivity index (χ0) is 17.0. The largest absolute Gasteiger partial charge is 0.350 e. The number of imidazole rings is 1. The summed E-state index contributed by atoms with van der Waals surface area (Å²) in [6, 6.07) is 0.0361. The first-order valence-corrected chi connectivity index (χ1v) is 10.6. The van der Waals surface area contributed by atoms with Crippen molar-refractivity contribution in [1.29, 1.82) is 0 Å². The van der Waals surface area contributed by atoms with Crippen molar-refractivity contribution in [2.24, 2.45) is 7.05 Å². The quantitative estimate of drug-likeness (QED) is 0.703. The molecule has 1 fully saturated rings. The average molecular weight is 361 g/mol. The zero-order valence-corrected chi connectivity index (χ0v) is 15.4. The summed E-state index contributed by atoms with van der Waals surface area (Å²) in [6.45, 7) is 1.01. The number of rotatable bonds is 7. The van der Waals surface area contributed by atoms with E-state index in [2.05, 4.69) is 10.3 Å². The predicted molar refractivity (Wildman–Crippen MR) is 91.1 cm³/mol. The predicted octanol–water partition coefficient (Wildman–Crippen LogP) is 0.267. The van der Waals surface area contributed by atoms with Crippen LogP contribution < -0.4 is 5.32 Å². The van der Waals surface area contributed by atoms with Gasteiger partial charge in [-0.1, -0.05) is 11.8 Å². The van der Waals surface area contributed by atoms with Crippen LogP contribution in [0.25, 0.3) is 0 Å². The minimum atomic E-state index is -2.88. The van der Waals surface area contributed by atoms with Crippen LogP contribution in [0.1, 0.15) is 18.5 Å². The molecule has 0 aromatic carbocycles. The van der Waals surface area contributed by atoms with E-state index in [0.717, 1.165) is 10.9 Å². The molecule has 2 heterocycles. The van der Waals surface area contributed by atoms with E-state index in [1.807, 2.05) is 29.8 Å². The summed E-state index contributed by atoms with van der Waals surface area (Å²) in [5.74, 6) is 0.425. The maximum atomic E-state index is 12.0. The number of carbonyl (C=O) groups excluding carboxylic acids is 1. The number of amides is 1. The summed E-state index contributed by atoms with van der Waals surface area (Å²) in [6.07, 6.45) is 4.75. The fourth-order valence-electron chi connectivity index (χ4n) is 2.64. The van der Waals surface area contributed by atoms with Gasteiger partial charge in [-0.2, -0.15) is 0 Å². The molecule has 7 nitrogen and oxygen atoms in total. The van der Waals surface area contributed by atoms with Crippen molar-refractivity contribution in [2.75, 3.05) is 31.4 Å². The van der Waals surface area contributed by atoms with Gasteiger partial charge in [-0.3, -0.25) is 4.79 Å². The van der Waals surface area contributed by atoms with Gasteiger partial charge in [0.05, 0.1) is 29.9 Å². The normalized spacial score (nSPS) is 20.1. The Labute approximate surface area is 141 Å². The van der Waals surface area contributed by atoms with E-state index in [9.17, 15) is 13.2 Å². The number of hydrogen-bond donors (Lipinski definition) is 1. The van der Waals surface area contributed by atoms with Crippen molar-refractivity contribution in [1.82, 2.24) is 19.8 Å². The van der Waals surface area contributed by atoms with Crippen molar-refractivity contribution in [3.63, 3.8) is 0 Å². The molecule has 1 aliphatic rings. The Kier molecular flexibility index (Phi) is 6.10. The molecule has 0 bridgehead atoms. The molecule has 23 heavy (non-hydrogen) atoms. The fraction of sp³-hybridized carbons (Fsp3) is 0.714. The molecule has 1 atom stereocenters. The summed E-state index contributed by atoms with van der Waals surface area (Å²) < 4.78 is 24.9. The number of nitrogens with zero attached hydrogens (tertiary/aromatic N) is 3. The minimum Gasteiger partial charge on any atom is -0.350 e. The highest BCUT2D eigenvalue weighted by Gasteiger charge is 2.30. The van der Waals surface area contributed by atoms with E-state index >= 15 is 0 Å².